The number of hydrogen-bond acceptors (Lipinski definition) is 4. The van der Waals surface area contributed by atoms with E-state index in [4.69, 9.17) is 0 Å². The fourth-order valence-electron chi connectivity index (χ4n) is 1.44. The lowest BCUT2D eigenvalue weighted by Gasteiger charge is -1.96. The van der Waals surface area contributed by atoms with Gasteiger partial charge in [-0.25, -0.2) is 9.78 Å². The number of carbonyl (C=O) groups is 1. The molecule has 0 radical (unpaired) electrons. The highest BCUT2D eigenvalue weighted by Gasteiger charge is 2.19. The molecular formula is C7H4N4O2S. The second kappa shape index (κ2) is 2.50. The maximum atomic E-state index is 11.7. The maximum Gasteiger partial charge on any atom is 0.370 e. The number of rotatable bonds is 0. The minimum Gasteiger partial charge on any atom is -0.285 e. The number of hydrogen-bond donors (Lipinski definition) is 0. The summed E-state index contributed by atoms with van der Waals surface area (Å²) in [6, 6.07) is -0.640. The van der Waals surface area contributed by atoms with Gasteiger partial charge < -0.3 is 0 Å². The second-order valence-electron chi connectivity index (χ2n) is 2.88. The first-order valence-electron chi connectivity index (χ1n) is 4.01. The van der Waals surface area contributed by atoms with Gasteiger partial charge in [-0.2, -0.15) is 9.98 Å². The van der Waals surface area contributed by atoms with Crippen molar-refractivity contribution in [2.75, 3.05) is 5.75 Å². The van der Waals surface area contributed by atoms with Gasteiger partial charge in [-0.3, -0.25) is 9.36 Å². The number of nitrogens with zero attached hydrogens (tertiary/aromatic N) is 4. The van der Waals surface area contributed by atoms with Crippen molar-refractivity contribution < 1.29 is 4.79 Å². The second-order valence-corrected chi connectivity index (χ2v) is 3.94. The molecule has 3 heterocycles. The molecule has 0 atom stereocenters. The molecule has 2 aliphatic rings. The molecule has 0 bridgehead atoms. The predicted molar refractivity (Wildman–Crippen MR) is 46.9 cm³/mol. The van der Waals surface area contributed by atoms with Gasteiger partial charge in [0.2, 0.25) is 0 Å². The van der Waals surface area contributed by atoms with E-state index in [1.807, 2.05) is 0 Å². The van der Waals surface area contributed by atoms with E-state index < -0.39 is 6.03 Å². The van der Waals surface area contributed by atoms with E-state index in [1.165, 1.54) is 16.3 Å². The van der Waals surface area contributed by atoms with Crippen molar-refractivity contribution in [3.63, 3.8) is 0 Å². The van der Waals surface area contributed by atoms with Gasteiger partial charge in [-0.05, 0) is 0 Å². The average molecular weight is 208 g/mol. The highest BCUT2D eigenvalue weighted by Crippen LogP contribution is 2.18. The van der Waals surface area contributed by atoms with Gasteiger partial charge in [0.15, 0.2) is 16.0 Å². The molecule has 0 spiro atoms. The van der Waals surface area contributed by atoms with Crippen molar-refractivity contribution in [1.29, 1.82) is 0 Å². The van der Waals surface area contributed by atoms with E-state index >= 15 is 0 Å². The summed E-state index contributed by atoms with van der Waals surface area (Å²) < 4.78 is 1.53. The Kier molecular flexibility index (Phi) is 1.41. The number of thioether (sulfide) groups is 1. The standard InChI is InChI=1S/C7H4N4O2S/c12-5-3-4(9-6(13)8-3)10-7-11(5)1-2-14-7/h1-2H2. The minimum atomic E-state index is -0.640. The summed E-state index contributed by atoms with van der Waals surface area (Å²) in [6.45, 7) is 0.628. The van der Waals surface area contributed by atoms with E-state index in [1.54, 1.807) is 0 Å². The van der Waals surface area contributed by atoms with E-state index in [0.29, 0.717) is 11.7 Å². The van der Waals surface area contributed by atoms with Gasteiger partial charge in [-0.15, -0.1) is 0 Å². The Hall–Kier alpha value is -1.50. The number of fused-ring (bicyclic) bond motifs is 2. The van der Waals surface area contributed by atoms with Crippen molar-refractivity contribution in [3.8, 4) is 0 Å². The molecule has 7 heteroatoms. The van der Waals surface area contributed by atoms with Crippen LogP contribution in [0.15, 0.2) is 19.9 Å². The monoisotopic (exact) mass is 208 g/mol. The Morgan fingerprint density at radius 2 is 2.14 bits per heavy atom. The Morgan fingerprint density at radius 3 is 3.00 bits per heavy atom. The minimum absolute atomic E-state index is 0.0845. The molecule has 0 saturated heterocycles. The zero-order chi connectivity index (χ0) is 9.71. The highest BCUT2D eigenvalue weighted by atomic mass is 32.2. The number of amides is 2. The van der Waals surface area contributed by atoms with Crippen LogP contribution >= 0.6 is 11.8 Å². The van der Waals surface area contributed by atoms with Crippen LogP contribution in [0, 0.1) is 0 Å². The predicted octanol–water partition coefficient (Wildman–Crippen LogP) is -1.28. The smallest absolute Gasteiger partial charge is 0.285 e. The Balaban J connectivity index is 2.53. The SMILES string of the molecule is O=C1N=c2nc3n(c(=O)c2=N1)CCS3. The molecule has 70 valence electrons. The van der Waals surface area contributed by atoms with Crippen molar-refractivity contribution in [1.82, 2.24) is 9.55 Å². The fraction of sp³-hybridized carbons (Fsp3) is 0.286. The van der Waals surface area contributed by atoms with Crippen molar-refractivity contribution in [3.05, 3.63) is 21.2 Å². The summed E-state index contributed by atoms with van der Waals surface area (Å²) in [7, 11) is 0. The van der Waals surface area contributed by atoms with Crippen LogP contribution in [-0.4, -0.2) is 21.3 Å². The highest BCUT2D eigenvalue weighted by molar-refractivity contribution is 7.99. The molecule has 3 rings (SSSR count). The molecule has 0 N–H and O–H groups in total. The lowest BCUT2D eigenvalue weighted by atomic mass is 10.5. The summed E-state index contributed by atoms with van der Waals surface area (Å²) >= 11 is 1.49. The Morgan fingerprint density at radius 1 is 1.29 bits per heavy atom. The fourth-order valence-corrected chi connectivity index (χ4v) is 2.37. The summed E-state index contributed by atoms with van der Waals surface area (Å²) in [4.78, 5) is 33.7. The molecule has 14 heavy (non-hydrogen) atoms. The molecule has 0 fully saturated rings. The van der Waals surface area contributed by atoms with Gasteiger partial charge in [0.25, 0.3) is 5.56 Å². The van der Waals surface area contributed by atoms with Crippen molar-refractivity contribution >= 4 is 17.8 Å². The summed E-state index contributed by atoms with van der Waals surface area (Å²) in [5.41, 5.74) is -0.0924. The maximum absolute atomic E-state index is 11.7. The zero-order valence-corrected chi connectivity index (χ0v) is 7.74. The average Bonchev–Trinajstić information content (AvgIpc) is 2.71. The Bertz CT molecular complexity index is 618. The third kappa shape index (κ3) is 0.897. The molecule has 2 amide bonds. The first kappa shape index (κ1) is 7.86. The van der Waals surface area contributed by atoms with E-state index in [9.17, 15) is 9.59 Å². The van der Waals surface area contributed by atoms with Gasteiger partial charge in [-0.1, -0.05) is 11.8 Å². The topological polar surface area (TPSA) is 76.7 Å². The third-order valence-electron chi connectivity index (χ3n) is 2.05. The number of carbonyl (C=O) groups excluding carboxylic acids is 1. The molecule has 0 saturated carbocycles. The third-order valence-corrected chi connectivity index (χ3v) is 3.00. The molecule has 0 aliphatic carbocycles. The summed E-state index contributed by atoms with van der Waals surface area (Å²) in [5, 5.41) is 0.712. The van der Waals surface area contributed by atoms with Crippen LogP contribution in [0.3, 0.4) is 0 Å². The van der Waals surface area contributed by atoms with Gasteiger partial charge in [0.1, 0.15) is 0 Å². The van der Waals surface area contributed by atoms with Crippen LogP contribution < -0.4 is 16.4 Å². The first-order chi connectivity index (χ1) is 6.75. The number of urea groups is 1. The van der Waals surface area contributed by atoms with Crippen LogP contribution in [0.25, 0.3) is 0 Å². The molecule has 1 aromatic rings. The van der Waals surface area contributed by atoms with Gasteiger partial charge in [0.05, 0.1) is 0 Å². The van der Waals surface area contributed by atoms with Crippen LogP contribution in [0.1, 0.15) is 0 Å². The zero-order valence-electron chi connectivity index (χ0n) is 6.93. The first-order valence-corrected chi connectivity index (χ1v) is 4.99. The molecule has 2 aliphatic heterocycles. The van der Waals surface area contributed by atoms with Crippen molar-refractivity contribution in [2.45, 2.75) is 11.7 Å². The lowest BCUT2D eigenvalue weighted by Crippen LogP contribution is -2.45. The van der Waals surface area contributed by atoms with Crippen LogP contribution in [0.5, 0.6) is 0 Å². The van der Waals surface area contributed by atoms with E-state index in [-0.39, 0.29) is 16.4 Å². The molecule has 0 aromatic carbocycles. The summed E-state index contributed by atoms with van der Waals surface area (Å²) in [6.07, 6.45) is 0. The van der Waals surface area contributed by atoms with Crippen LogP contribution in [-0.2, 0) is 6.54 Å². The number of aromatic nitrogens is 2. The molecular weight excluding hydrogens is 204 g/mol. The lowest BCUT2D eigenvalue weighted by molar-refractivity contribution is 0.256. The van der Waals surface area contributed by atoms with Gasteiger partial charge in [0, 0.05) is 12.3 Å². The quantitative estimate of drug-likeness (QED) is 0.498. The van der Waals surface area contributed by atoms with Crippen LogP contribution in [0.4, 0.5) is 4.79 Å². The van der Waals surface area contributed by atoms with Crippen LogP contribution in [0.2, 0.25) is 0 Å². The normalized spacial score (nSPS) is 17.3. The molecule has 1 aromatic heterocycles. The Labute approximate surface area is 81.4 Å². The van der Waals surface area contributed by atoms with E-state index in [0.717, 1.165) is 5.75 Å². The van der Waals surface area contributed by atoms with Gasteiger partial charge >= 0.3 is 6.03 Å². The van der Waals surface area contributed by atoms with Crippen molar-refractivity contribution in [2.24, 2.45) is 9.98 Å². The molecule has 6 nitrogen and oxygen atoms in total. The largest absolute Gasteiger partial charge is 0.370 e. The van der Waals surface area contributed by atoms with E-state index in [2.05, 4.69) is 15.0 Å². The molecule has 0 unspecified atom stereocenters. The summed E-state index contributed by atoms with van der Waals surface area (Å²) in [5.74, 6) is 0.832.